The highest BCUT2D eigenvalue weighted by molar-refractivity contribution is 5.92. The molecule has 0 bridgehead atoms. The van der Waals surface area contributed by atoms with E-state index in [-0.39, 0.29) is 5.92 Å². The van der Waals surface area contributed by atoms with Crippen LogP contribution in [0.1, 0.15) is 123 Å². The molecule has 0 atom stereocenters. The van der Waals surface area contributed by atoms with Gasteiger partial charge in [0.1, 0.15) is 0 Å². The van der Waals surface area contributed by atoms with E-state index in [2.05, 4.69) is 361 Å². The molecule has 0 N–H and O–H groups in total. The highest BCUT2D eigenvalue weighted by Crippen LogP contribution is 2.44. The van der Waals surface area contributed by atoms with Crippen LogP contribution in [0.3, 0.4) is 0 Å². The van der Waals surface area contributed by atoms with Crippen LogP contribution in [0.4, 0.5) is 34.1 Å². The summed E-state index contributed by atoms with van der Waals surface area (Å²) in [6.07, 6.45) is 12.0. The van der Waals surface area contributed by atoms with E-state index in [1.165, 1.54) is 67.0 Å². The van der Waals surface area contributed by atoms with Gasteiger partial charge in [0.05, 0.1) is 11.4 Å². The van der Waals surface area contributed by atoms with Gasteiger partial charge in [-0.25, -0.2) is 0 Å². The second-order valence-corrected chi connectivity index (χ2v) is 22.6. The zero-order chi connectivity index (χ0) is 57.8. The zero-order valence-electron chi connectivity index (χ0n) is 49.3. The number of anilines is 6. The van der Waals surface area contributed by atoms with E-state index in [4.69, 9.17) is 0 Å². The van der Waals surface area contributed by atoms with Gasteiger partial charge in [-0.3, -0.25) is 0 Å². The molecule has 0 aliphatic carbocycles. The summed E-state index contributed by atoms with van der Waals surface area (Å²) in [6.45, 7) is 13.6. The van der Waals surface area contributed by atoms with Crippen LogP contribution < -0.4 is 9.80 Å². The lowest BCUT2D eigenvalue weighted by Crippen LogP contribution is -2.14. The summed E-state index contributed by atoms with van der Waals surface area (Å²) in [5, 5.41) is 0. The molecule has 0 amide bonds. The molecule has 11 aromatic carbocycles. The van der Waals surface area contributed by atoms with E-state index in [0.717, 1.165) is 57.0 Å². The molecule has 0 radical (unpaired) electrons. The van der Waals surface area contributed by atoms with Crippen molar-refractivity contribution in [2.24, 2.45) is 0 Å². The minimum Gasteiger partial charge on any atom is -0.310 e. The summed E-state index contributed by atoms with van der Waals surface area (Å²) >= 11 is 0. The monoisotopic (exact) mass is 1090 g/mol. The van der Waals surface area contributed by atoms with Crippen molar-refractivity contribution in [2.45, 2.75) is 65.7 Å². The summed E-state index contributed by atoms with van der Waals surface area (Å²) in [5.74, 6) is 0.973. The van der Waals surface area contributed by atoms with Gasteiger partial charge in [-0.1, -0.05) is 283 Å². The Labute approximate surface area is 499 Å². The number of hydrogen-bond acceptors (Lipinski definition) is 2. The smallest absolute Gasteiger partial charge is 0.0525 e. The van der Waals surface area contributed by atoms with Gasteiger partial charge in [-0.05, 0) is 170 Å². The normalized spacial score (nSPS) is 11.5. The van der Waals surface area contributed by atoms with Crippen molar-refractivity contribution in [1.29, 1.82) is 0 Å². The van der Waals surface area contributed by atoms with Gasteiger partial charge < -0.3 is 9.80 Å². The lowest BCUT2D eigenvalue weighted by molar-refractivity contribution is 0.805. The van der Waals surface area contributed by atoms with Crippen molar-refractivity contribution >= 4 is 70.1 Å². The van der Waals surface area contributed by atoms with Crippen molar-refractivity contribution in [3.8, 4) is 0 Å². The van der Waals surface area contributed by atoms with Gasteiger partial charge in [-0.2, -0.15) is 0 Å². The first-order valence-corrected chi connectivity index (χ1v) is 29.7. The first-order chi connectivity index (χ1) is 41.1. The summed E-state index contributed by atoms with van der Waals surface area (Å²) < 4.78 is 0. The highest BCUT2D eigenvalue weighted by Gasteiger charge is 2.23. The van der Waals surface area contributed by atoms with Gasteiger partial charge in [-0.15, -0.1) is 0 Å². The van der Waals surface area contributed by atoms with E-state index in [1.807, 2.05) is 0 Å². The van der Waals surface area contributed by atoms with E-state index in [0.29, 0.717) is 11.8 Å². The third-order valence-corrected chi connectivity index (χ3v) is 16.1. The van der Waals surface area contributed by atoms with Gasteiger partial charge >= 0.3 is 0 Å². The Bertz CT molecular complexity index is 3910. The van der Waals surface area contributed by atoms with Crippen molar-refractivity contribution in [1.82, 2.24) is 0 Å². The number of nitrogens with zero attached hydrogens (tertiary/aromatic N) is 2. The van der Waals surface area contributed by atoms with Gasteiger partial charge in [0.2, 0.25) is 0 Å². The van der Waals surface area contributed by atoms with Crippen LogP contribution in [0, 0.1) is 13.8 Å². The van der Waals surface area contributed by atoms with Crippen LogP contribution in [0.15, 0.2) is 279 Å². The Kier molecular flexibility index (Phi) is 17.7. The molecule has 2 nitrogen and oxygen atoms in total. The van der Waals surface area contributed by atoms with Crippen LogP contribution in [-0.4, -0.2) is 0 Å². The molecule has 0 spiro atoms. The fraction of sp³-hybridized carbons (Fsp3) is 0.122. The molecule has 11 rings (SSSR count). The molecule has 0 saturated heterocycles. The topological polar surface area (TPSA) is 6.48 Å². The standard InChI is InChI=1S/C82H74N2/c1-59(2)77-31-19-21-61(5)81(77)83(75-53-45-67(46-54-75)57-79(69-23-11-7-12-24-69)70-25-13-8-14-26-70)73-49-41-65(42-50-73)39-37-63-33-35-64(36-34-63)38-40-66-43-51-74(52-44-66)84(82-62(6)22-20-32-78(82)60(3)4)76-55-47-68(48-56-76)58-80(71-27-15-9-16-28-71)72-29-17-10-18-30-72/h7-57,59-60,80H,58H2,1-6H3/b39-37+,40-38+. The molecule has 0 aliphatic heterocycles. The Hall–Kier alpha value is -9.76. The van der Waals surface area contributed by atoms with Gasteiger partial charge in [0.15, 0.2) is 0 Å². The number of hydrogen-bond donors (Lipinski definition) is 0. The van der Waals surface area contributed by atoms with Crippen LogP contribution in [0.5, 0.6) is 0 Å². The minimum atomic E-state index is 0.270. The highest BCUT2D eigenvalue weighted by atomic mass is 15.2. The van der Waals surface area contributed by atoms with Crippen molar-refractivity contribution in [3.05, 3.63) is 357 Å². The van der Waals surface area contributed by atoms with E-state index < -0.39 is 0 Å². The van der Waals surface area contributed by atoms with Crippen molar-refractivity contribution in [2.75, 3.05) is 9.80 Å². The maximum absolute atomic E-state index is 2.45. The summed E-state index contributed by atoms with van der Waals surface area (Å²) in [6, 6.07) is 102. The van der Waals surface area contributed by atoms with Crippen molar-refractivity contribution in [3.63, 3.8) is 0 Å². The fourth-order valence-corrected chi connectivity index (χ4v) is 11.6. The molecule has 2 heteroatoms. The summed E-state index contributed by atoms with van der Waals surface area (Å²) in [4.78, 5) is 4.88. The largest absolute Gasteiger partial charge is 0.310 e. The first kappa shape index (κ1) is 56.1. The van der Waals surface area contributed by atoms with Crippen LogP contribution in [0.25, 0.3) is 36.0 Å². The molecule has 84 heavy (non-hydrogen) atoms. The minimum absolute atomic E-state index is 0.270. The zero-order valence-corrected chi connectivity index (χ0v) is 49.3. The Morgan fingerprint density at radius 2 is 0.631 bits per heavy atom. The molecular formula is C82H74N2. The molecule has 0 aromatic heterocycles. The quantitative estimate of drug-likeness (QED) is 0.0745. The molecule has 412 valence electrons. The SMILES string of the molecule is Cc1cccc(C(C)C)c1N(c1ccc(C=C(c2ccccc2)c2ccccc2)cc1)c1ccc(/C=C/c2ccc(/C=C/c3ccc(N(c4ccc(CC(c5ccccc5)c5ccccc5)cc4)c4c(C)cccc4C(C)C)cc3)cc2)cc1. The predicted octanol–water partition coefficient (Wildman–Crippen LogP) is 22.8. The molecule has 0 heterocycles. The third kappa shape index (κ3) is 13.3. The molecule has 11 aromatic rings. The van der Waals surface area contributed by atoms with E-state index in [9.17, 15) is 0 Å². The fourth-order valence-electron chi connectivity index (χ4n) is 11.6. The van der Waals surface area contributed by atoms with Gasteiger partial charge in [0.25, 0.3) is 0 Å². The lowest BCUT2D eigenvalue weighted by Gasteiger charge is -2.30. The van der Waals surface area contributed by atoms with E-state index in [1.54, 1.807) is 0 Å². The van der Waals surface area contributed by atoms with Gasteiger partial charge in [0, 0.05) is 28.7 Å². The Morgan fingerprint density at radius 3 is 0.976 bits per heavy atom. The van der Waals surface area contributed by atoms with Crippen molar-refractivity contribution < 1.29 is 0 Å². The average Bonchev–Trinajstić information content (AvgIpc) is 3.47. The molecule has 0 fully saturated rings. The average molecular weight is 1090 g/mol. The number of benzene rings is 11. The maximum atomic E-state index is 2.45. The Balaban J connectivity index is 0.798. The second kappa shape index (κ2) is 26.4. The third-order valence-electron chi connectivity index (χ3n) is 16.1. The molecule has 0 saturated carbocycles. The predicted molar refractivity (Wildman–Crippen MR) is 362 cm³/mol. The maximum Gasteiger partial charge on any atom is 0.0525 e. The van der Waals surface area contributed by atoms with Crippen LogP contribution in [-0.2, 0) is 6.42 Å². The second-order valence-electron chi connectivity index (χ2n) is 22.6. The number of para-hydroxylation sites is 2. The number of aryl methyl sites for hydroxylation is 2. The lowest BCUT2D eigenvalue weighted by atomic mass is 9.86. The number of rotatable bonds is 19. The molecular weight excluding hydrogens is 1010 g/mol. The first-order valence-electron chi connectivity index (χ1n) is 29.7. The molecule has 0 aliphatic rings. The van der Waals surface area contributed by atoms with Crippen LogP contribution >= 0.6 is 0 Å². The summed E-state index contributed by atoms with van der Waals surface area (Å²) in [5.41, 5.74) is 25.5. The summed E-state index contributed by atoms with van der Waals surface area (Å²) in [7, 11) is 0. The van der Waals surface area contributed by atoms with E-state index >= 15 is 0 Å². The molecule has 0 unspecified atom stereocenters. The van der Waals surface area contributed by atoms with Crippen LogP contribution in [0.2, 0.25) is 0 Å². The Morgan fingerprint density at radius 1 is 0.321 bits per heavy atom.